The number of hydrogen-bond acceptors (Lipinski definition) is 1. The largest absolute Gasteiger partial charge is 0.417 e. The lowest BCUT2D eigenvalue weighted by Gasteiger charge is -2.14. The summed E-state index contributed by atoms with van der Waals surface area (Å²) in [7, 11) is 0. The molecule has 2 aromatic carbocycles. The minimum atomic E-state index is -4.43. The van der Waals surface area contributed by atoms with Crippen molar-refractivity contribution >= 4 is 17.3 Å². The van der Waals surface area contributed by atoms with Gasteiger partial charge >= 0.3 is 6.18 Å². The molecule has 5 heteroatoms. The fourth-order valence-electron chi connectivity index (χ4n) is 1.73. The molecule has 0 aromatic heterocycles. The molecule has 0 unspecified atom stereocenters. The lowest BCUT2D eigenvalue weighted by molar-refractivity contribution is -0.137. The molecule has 18 heavy (non-hydrogen) atoms. The molecule has 0 aliphatic rings. The third kappa shape index (κ3) is 2.43. The highest BCUT2D eigenvalue weighted by atomic mass is 35.5. The maximum atomic E-state index is 12.9. The highest BCUT2D eigenvalue weighted by molar-refractivity contribution is 6.31. The van der Waals surface area contributed by atoms with Gasteiger partial charge in [0.05, 0.1) is 5.56 Å². The van der Waals surface area contributed by atoms with Crippen LogP contribution in [0.25, 0.3) is 11.1 Å². The number of nitrogen functional groups attached to an aromatic ring is 1. The van der Waals surface area contributed by atoms with Gasteiger partial charge in [0.2, 0.25) is 0 Å². The Labute approximate surface area is 107 Å². The van der Waals surface area contributed by atoms with Gasteiger partial charge < -0.3 is 5.73 Å². The highest BCUT2D eigenvalue weighted by Gasteiger charge is 2.33. The van der Waals surface area contributed by atoms with Crippen molar-refractivity contribution in [2.45, 2.75) is 6.18 Å². The molecule has 0 amide bonds. The van der Waals surface area contributed by atoms with Gasteiger partial charge in [0.15, 0.2) is 0 Å². The summed E-state index contributed by atoms with van der Waals surface area (Å²) in [5.74, 6) is 0. The summed E-state index contributed by atoms with van der Waals surface area (Å²) in [6.45, 7) is 0. The van der Waals surface area contributed by atoms with E-state index in [-0.39, 0.29) is 16.8 Å². The van der Waals surface area contributed by atoms with Crippen molar-refractivity contribution in [2.75, 3.05) is 5.73 Å². The topological polar surface area (TPSA) is 26.0 Å². The van der Waals surface area contributed by atoms with Gasteiger partial charge in [-0.15, -0.1) is 0 Å². The van der Waals surface area contributed by atoms with Crippen molar-refractivity contribution < 1.29 is 13.2 Å². The van der Waals surface area contributed by atoms with E-state index in [0.717, 1.165) is 6.07 Å². The first kappa shape index (κ1) is 12.8. The maximum Gasteiger partial charge on any atom is 0.417 e. The van der Waals surface area contributed by atoms with Gasteiger partial charge in [-0.3, -0.25) is 0 Å². The molecule has 0 aliphatic carbocycles. The second-order valence-electron chi connectivity index (χ2n) is 3.77. The summed E-state index contributed by atoms with van der Waals surface area (Å²) >= 11 is 5.80. The second-order valence-corrected chi connectivity index (χ2v) is 4.21. The molecule has 0 fully saturated rings. The Balaban J connectivity index is 2.68. The minimum Gasteiger partial charge on any atom is -0.398 e. The fourth-order valence-corrected chi connectivity index (χ4v) is 1.90. The first-order valence-electron chi connectivity index (χ1n) is 5.11. The van der Waals surface area contributed by atoms with Gasteiger partial charge in [-0.05, 0) is 29.8 Å². The average Bonchev–Trinajstić information content (AvgIpc) is 2.31. The Morgan fingerprint density at radius 1 is 0.944 bits per heavy atom. The van der Waals surface area contributed by atoms with Crippen molar-refractivity contribution in [1.29, 1.82) is 0 Å². The Morgan fingerprint density at radius 3 is 2.28 bits per heavy atom. The zero-order valence-corrected chi connectivity index (χ0v) is 9.89. The van der Waals surface area contributed by atoms with Gasteiger partial charge in [0.1, 0.15) is 0 Å². The van der Waals surface area contributed by atoms with Gasteiger partial charge in [0, 0.05) is 16.3 Å². The molecule has 0 radical (unpaired) electrons. The molecular weight excluding hydrogens is 263 g/mol. The summed E-state index contributed by atoms with van der Waals surface area (Å²) < 4.78 is 38.7. The SMILES string of the molecule is Nc1ccc(Cl)cc1-c1ccccc1C(F)(F)F. The Hall–Kier alpha value is -1.68. The van der Waals surface area contributed by atoms with E-state index in [1.807, 2.05) is 0 Å². The summed E-state index contributed by atoms with van der Waals surface area (Å²) in [5, 5.41) is 0.344. The molecular formula is C13H9ClF3N. The molecule has 0 aliphatic heterocycles. The second kappa shape index (κ2) is 4.53. The third-order valence-electron chi connectivity index (χ3n) is 2.54. The Bertz CT molecular complexity index is 579. The first-order valence-corrected chi connectivity index (χ1v) is 5.49. The number of halogens is 4. The fraction of sp³-hybridized carbons (Fsp3) is 0.0769. The van der Waals surface area contributed by atoms with Gasteiger partial charge in [-0.1, -0.05) is 29.8 Å². The van der Waals surface area contributed by atoms with E-state index in [1.54, 1.807) is 0 Å². The van der Waals surface area contributed by atoms with Crippen LogP contribution in [-0.4, -0.2) is 0 Å². The molecule has 1 nitrogen and oxygen atoms in total. The smallest absolute Gasteiger partial charge is 0.398 e. The number of anilines is 1. The van der Waals surface area contributed by atoms with Crippen molar-refractivity contribution in [1.82, 2.24) is 0 Å². The van der Waals surface area contributed by atoms with Gasteiger partial charge in [-0.25, -0.2) is 0 Å². The van der Waals surface area contributed by atoms with Crippen molar-refractivity contribution in [3.63, 3.8) is 0 Å². The van der Waals surface area contributed by atoms with Gasteiger partial charge in [-0.2, -0.15) is 13.2 Å². The van der Waals surface area contributed by atoms with Crippen LogP contribution in [-0.2, 0) is 6.18 Å². The number of alkyl halides is 3. The molecule has 0 spiro atoms. The van der Waals surface area contributed by atoms with Crippen LogP contribution in [0.1, 0.15) is 5.56 Å². The number of benzene rings is 2. The molecule has 0 atom stereocenters. The standard InChI is InChI=1S/C13H9ClF3N/c14-8-5-6-12(18)10(7-8)9-3-1-2-4-11(9)13(15,16)17/h1-7H,18H2. The highest BCUT2D eigenvalue weighted by Crippen LogP contribution is 2.39. The first-order chi connectivity index (χ1) is 8.39. The van der Waals surface area contributed by atoms with E-state index >= 15 is 0 Å². The summed E-state index contributed by atoms with van der Waals surface area (Å²) in [6, 6.07) is 9.74. The summed E-state index contributed by atoms with van der Waals surface area (Å²) in [6.07, 6.45) is -4.43. The number of hydrogen-bond donors (Lipinski definition) is 1. The predicted octanol–water partition coefficient (Wildman–Crippen LogP) is 4.61. The molecule has 0 heterocycles. The molecule has 2 rings (SSSR count). The monoisotopic (exact) mass is 271 g/mol. The van der Waals surface area contributed by atoms with Crippen LogP contribution in [0.5, 0.6) is 0 Å². The van der Waals surface area contributed by atoms with Crippen LogP contribution in [0.15, 0.2) is 42.5 Å². The van der Waals surface area contributed by atoms with Crippen LogP contribution in [0.2, 0.25) is 5.02 Å². The molecule has 0 saturated heterocycles. The van der Waals surface area contributed by atoms with Crippen LogP contribution in [0.4, 0.5) is 18.9 Å². The lowest BCUT2D eigenvalue weighted by Crippen LogP contribution is -2.07. The molecule has 0 bridgehead atoms. The maximum absolute atomic E-state index is 12.9. The summed E-state index contributed by atoms with van der Waals surface area (Å²) in [5.41, 5.74) is 5.56. The number of nitrogens with two attached hydrogens (primary N) is 1. The normalized spacial score (nSPS) is 11.6. The average molecular weight is 272 g/mol. The Morgan fingerprint density at radius 2 is 1.61 bits per heavy atom. The molecule has 94 valence electrons. The van der Waals surface area contributed by atoms with Crippen LogP contribution in [0.3, 0.4) is 0 Å². The zero-order valence-electron chi connectivity index (χ0n) is 9.13. The van der Waals surface area contributed by atoms with E-state index in [1.165, 1.54) is 36.4 Å². The van der Waals surface area contributed by atoms with Crippen LogP contribution in [0, 0.1) is 0 Å². The minimum absolute atomic E-state index is 0.0324. The van der Waals surface area contributed by atoms with E-state index < -0.39 is 11.7 Å². The quantitative estimate of drug-likeness (QED) is 0.753. The van der Waals surface area contributed by atoms with E-state index in [2.05, 4.69) is 0 Å². The van der Waals surface area contributed by atoms with Gasteiger partial charge in [0.25, 0.3) is 0 Å². The van der Waals surface area contributed by atoms with Crippen LogP contribution >= 0.6 is 11.6 Å². The zero-order chi connectivity index (χ0) is 13.3. The van der Waals surface area contributed by atoms with Crippen molar-refractivity contribution in [2.24, 2.45) is 0 Å². The summed E-state index contributed by atoms with van der Waals surface area (Å²) in [4.78, 5) is 0. The molecule has 0 saturated carbocycles. The molecule has 2 aromatic rings. The van der Waals surface area contributed by atoms with E-state index in [4.69, 9.17) is 17.3 Å². The van der Waals surface area contributed by atoms with Crippen LogP contribution < -0.4 is 5.73 Å². The lowest BCUT2D eigenvalue weighted by atomic mass is 9.98. The van der Waals surface area contributed by atoms with Crippen molar-refractivity contribution in [3.8, 4) is 11.1 Å². The third-order valence-corrected chi connectivity index (χ3v) is 2.77. The predicted molar refractivity (Wildman–Crippen MR) is 66.3 cm³/mol. The van der Waals surface area contributed by atoms with E-state index in [9.17, 15) is 13.2 Å². The van der Waals surface area contributed by atoms with E-state index in [0.29, 0.717) is 5.02 Å². The van der Waals surface area contributed by atoms with Crippen molar-refractivity contribution in [3.05, 3.63) is 53.1 Å². The number of rotatable bonds is 1. The molecule has 2 N–H and O–H groups in total. The Kier molecular flexibility index (Phi) is 3.22.